The van der Waals surface area contributed by atoms with Crippen molar-refractivity contribution in [3.63, 3.8) is 0 Å². The van der Waals surface area contributed by atoms with Gasteiger partial charge in [0.15, 0.2) is 11.5 Å². The molecule has 1 unspecified atom stereocenters. The Kier molecular flexibility index (Phi) is 6.67. The molecule has 1 aromatic rings. The number of hydrogen-bond acceptors (Lipinski definition) is 5. The Morgan fingerprint density at radius 2 is 2.22 bits per heavy atom. The lowest BCUT2D eigenvalue weighted by Gasteiger charge is -2.28. The summed E-state index contributed by atoms with van der Waals surface area (Å²) in [7, 11) is 1.61. The topological polar surface area (TPSA) is 85.0 Å². The van der Waals surface area contributed by atoms with Gasteiger partial charge in [-0.2, -0.15) is 0 Å². The molecule has 1 atom stereocenters. The third-order valence-electron chi connectivity index (χ3n) is 4.13. The number of nitrogens with two attached hydrogens (primary N) is 1. The molecule has 1 aliphatic heterocycles. The summed E-state index contributed by atoms with van der Waals surface area (Å²) in [6, 6.07) is 3.84. The van der Waals surface area contributed by atoms with Crippen molar-refractivity contribution in [3.8, 4) is 11.5 Å². The largest absolute Gasteiger partial charge is 0.493 e. The molecule has 0 spiro atoms. The first kappa shape index (κ1) is 17.6. The number of hydrogen-bond donors (Lipinski definition) is 2. The summed E-state index contributed by atoms with van der Waals surface area (Å²) in [4.78, 5) is 12.7. The van der Waals surface area contributed by atoms with Gasteiger partial charge in [-0.25, -0.2) is 0 Å². The normalized spacial score (nSPS) is 15.0. The van der Waals surface area contributed by atoms with Crippen molar-refractivity contribution in [2.75, 3.05) is 20.3 Å². The summed E-state index contributed by atoms with van der Waals surface area (Å²) in [5.74, 6) is 1.37. The highest BCUT2D eigenvalue weighted by molar-refractivity contribution is 5.55. The van der Waals surface area contributed by atoms with E-state index in [1.165, 1.54) is 0 Å². The summed E-state index contributed by atoms with van der Waals surface area (Å²) in [6.07, 6.45) is 4.58. The molecule has 3 N–H and O–H groups in total. The highest BCUT2D eigenvalue weighted by Gasteiger charge is 2.22. The van der Waals surface area contributed by atoms with Gasteiger partial charge in [-0.15, -0.1) is 0 Å². The third kappa shape index (κ3) is 4.59. The number of ether oxygens (including phenoxy) is 2. The molecule has 23 heavy (non-hydrogen) atoms. The van der Waals surface area contributed by atoms with Gasteiger partial charge in [0.1, 0.15) is 6.23 Å². The van der Waals surface area contributed by atoms with E-state index in [0.29, 0.717) is 24.6 Å². The number of aliphatic hydroxyl groups excluding tert-OH is 1. The Labute approximate surface area is 137 Å². The fourth-order valence-corrected chi connectivity index (χ4v) is 2.85. The SMILES string of the molecule is COc1ccc2c(c1OC(N)CCCCCO)CCN(C=O)C2. The fraction of sp³-hybridized carbons (Fsp3) is 0.588. The molecule has 6 nitrogen and oxygen atoms in total. The molecule has 2 rings (SSSR count). The number of carbonyl (C=O) groups is 1. The second kappa shape index (κ2) is 8.74. The summed E-state index contributed by atoms with van der Waals surface area (Å²) >= 11 is 0. The predicted octanol–water partition coefficient (Wildman–Crippen LogP) is 1.43. The Hall–Kier alpha value is -1.79. The van der Waals surface area contributed by atoms with Crippen molar-refractivity contribution in [2.45, 2.75) is 44.9 Å². The van der Waals surface area contributed by atoms with E-state index in [4.69, 9.17) is 20.3 Å². The van der Waals surface area contributed by atoms with Crippen LogP contribution in [0.15, 0.2) is 12.1 Å². The molecule has 1 heterocycles. The quantitative estimate of drug-likeness (QED) is 0.408. The zero-order valence-electron chi connectivity index (χ0n) is 13.7. The van der Waals surface area contributed by atoms with E-state index in [1.54, 1.807) is 12.0 Å². The second-order valence-electron chi connectivity index (χ2n) is 5.79. The maximum absolute atomic E-state index is 11.0. The van der Waals surface area contributed by atoms with Crippen LogP contribution in [0.5, 0.6) is 11.5 Å². The Balaban J connectivity index is 2.09. The van der Waals surface area contributed by atoms with Crippen LogP contribution >= 0.6 is 0 Å². The predicted molar refractivity (Wildman–Crippen MR) is 87.3 cm³/mol. The van der Waals surface area contributed by atoms with Crippen LogP contribution in [0.1, 0.15) is 36.8 Å². The number of nitrogens with zero attached hydrogens (tertiary/aromatic N) is 1. The van der Waals surface area contributed by atoms with Crippen LogP contribution in [0.25, 0.3) is 0 Å². The van der Waals surface area contributed by atoms with Crippen molar-refractivity contribution in [1.29, 1.82) is 0 Å². The number of aliphatic hydroxyl groups is 1. The first-order chi connectivity index (χ1) is 11.2. The van der Waals surface area contributed by atoms with Gasteiger partial charge in [0, 0.05) is 25.3 Å². The van der Waals surface area contributed by atoms with Crippen LogP contribution in [0, 0.1) is 0 Å². The van der Waals surface area contributed by atoms with Gasteiger partial charge in [-0.3, -0.25) is 10.5 Å². The van der Waals surface area contributed by atoms with E-state index in [-0.39, 0.29) is 6.61 Å². The van der Waals surface area contributed by atoms with Crippen molar-refractivity contribution in [1.82, 2.24) is 4.90 Å². The molecule has 6 heteroatoms. The van der Waals surface area contributed by atoms with Crippen LogP contribution in [0.4, 0.5) is 0 Å². The van der Waals surface area contributed by atoms with Gasteiger partial charge in [-0.05, 0) is 37.3 Å². The minimum absolute atomic E-state index is 0.212. The minimum atomic E-state index is -0.404. The molecular weight excluding hydrogens is 296 g/mol. The Bertz CT molecular complexity index is 522. The zero-order valence-corrected chi connectivity index (χ0v) is 13.7. The lowest BCUT2D eigenvalue weighted by molar-refractivity contribution is -0.118. The molecular formula is C17H26N2O4. The lowest BCUT2D eigenvalue weighted by atomic mass is 9.98. The van der Waals surface area contributed by atoms with Crippen LogP contribution in [0.2, 0.25) is 0 Å². The zero-order chi connectivity index (χ0) is 16.7. The molecule has 0 aliphatic carbocycles. The number of amides is 1. The highest BCUT2D eigenvalue weighted by atomic mass is 16.5. The van der Waals surface area contributed by atoms with Gasteiger partial charge in [0.25, 0.3) is 0 Å². The molecule has 0 radical (unpaired) electrons. The van der Waals surface area contributed by atoms with Gasteiger partial charge >= 0.3 is 0 Å². The summed E-state index contributed by atoms with van der Waals surface area (Å²) < 4.78 is 11.4. The molecule has 1 aromatic carbocycles. The smallest absolute Gasteiger partial charge is 0.210 e. The lowest BCUT2D eigenvalue weighted by Crippen LogP contribution is -2.31. The van der Waals surface area contributed by atoms with Gasteiger partial charge in [-0.1, -0.05) is 12.5 Å². The van der Waals surface area contributed by atoms with E-state index in [9.17, 15) is 4.79 Å². The van der Waals surface area contributed by atoms with E-state index < -0.39 is 6.23 Å². The van der Waals surface area contributed by atoms with E-state index in [0.717, 1.165) is 49.6 Å². The average Bonchev–Trinajstić information content (AvgIpc) is 2.58. The van der Waals surface area contributed by atoms with Crippen molar-refractivity contribution >= 4 is 6.41 Å². The number of benzene rings is 1. The molecule has 1 aliphatic rings. The first-order valence-electron chi connectivity index (χ1n) is 8.10. The Morgan fingerprint density at radius 1 is 1.39 bits per heavy atom. The summed E-state index contributed by atoms with van der Waals surface area (Å²) in [5, 5.41) is 8.80. The standard InChI is InChI=1S/C17H26N2O4/c1-22-15-7-6-13-11-19(12-21)9-8-14(13)17(15)23-16(18)5-3-2-4-10-20/h6-7,12,16,20H,2-5,8-11,18H2,1H3. The number of unbranched alkanes of at least 4 members (excludes halogenated alkanes) is 2. The van der Waals surface area contributed by atoms with Crippen molar-refractivity contribution in [2.24, 2.45) is 5.73 Å². The third-order valence-corrected chi connectivity index (χ3v) is 4.13. The molecule has 0 bridgehead atoms. The van der Waals surface area contributed by atoms with Crippen molar-refractivity contribution < 1.29 is 19.4 Å². The van der Waals surface area contributed by atoms with E-state index in [2.05, 4.69) is 0 Å². The average molecular weight is 322 g/mol. The van der Waals surface area contributed by atoms with E-state index >= 15 is 0 Å². The molecule has 128 valence electrons. The van der Waals surface area contributed by atoms with E-state index in [1.807, 2.05) is 12.1 Å². The fourth-order valence-electron chi connectivity index (χ4n) is 2.85. The van der Waals surface area contributed by atoms with Gasteiger partial charge in [0.05, 0.1) is 7.11 Å². The van der Waals surface area contributed by atoms with Crippen LogP contribution < -0.4 is 15.2 Å². The van der Waals surface area contributed by atoms with Gasteiger partial charge in [0.2, 0.25) is 6.41 Å². The number of rotatable bonds is 9. The van der Waals surface area contributed by atoms with Crippen LogP contribution in [-0.2, 0) is 17.8 Å². The molecule has 0 fully saturated rings. The molecule has 0 saturated carbocycles. The van der Waals surface area contributed by atoms with Crippen LogP contribution in [-0.4, -0.2) is 42.9 Å². The molecule has 1 amide bonds. The monoisotopic (exact) mass is 322 g/mol. The summed E-state index contributed by atoms with van der Waals surface area (Å²) in [6.45, 7) is 1.47. The number of fused-ring (bicyclic) bond motifs is 1. The summed E-state index contributed by atoms with van der Waals surface area (Å²) in [5.41, 5.74) is 8.24. The highest BCUT2D eigenvalue weighted by Crippen LogP contribution is 2.37. The Morgan fingerprint density at radius 3 is 2.91 bits per heavy atom. The molecule has 0 saturated heterocycles. The number of carbonyl (C=O) groups excluding carboxylic acids is 1. The van der Waals surface area contributed by atoms with Crippen LogP contribution in [0.3, 0.4) is 0 Å². The maximum Gasteiger partial charge on any atom is 0.210 e. The second-order valence-corrected chi connectivity index (χ2v) is 5.79. The molecule has 0 aromatic heterocycles. The minimum Gasteiger partial charge on any atom is -0.493 e. The van der Waals surface area contributed by atoms with Crippen molar-refractivity contribution in [3.05, 3.63) is 23.3 Å². The number of methoxy groups -OCH3 is 1. The maximum atomic E-state index is 11.0. The van der Waals surface area contributed by atoms with Gasteiger partial charge < -0.3 is 19.5 Å². The first-order valence-corrected chi connectivity index (χ1v) is 8.10.